The number of esters is 1. The van der Waals surface area contributed by atoms with Gasteiger partial charge >= 0.3 is 11.9 Å². The van der Waals surface area contributed by atoms with Crippen molar-refractivity contribution in [3.8, 4) is 0 Å². The van der Waals surface area contributed by atoms with Crippen LogP contribution in [0.5, 0.6) is 0 Å². The van der Waals surface area contributed by atoms with E-state index in [1.807, 2.05) is 13.8 Å². The Hall–Kier alpha value is -1.32. The highest BCUT2D eigenvalue weighted by atomic mass is 16.5. The van der Waals surface area contributed by atoms with Crippen LogP contribution < -0.4 is 0 Å². The first kappa shape index (κ1) is 15.7. The molecule has 0 bridgehead atoms. The normalized spacial score (nSPS) is 13.8. The Bertz CT molecular complexity index is 296. The second-order valence-electron chi connectivity index (χ2n) is 4.14. The van der Waals surface area contributed by atoms with E-state index in [1.165, 1.54) is 0 Å². The minimum absolute atomic E-state index is 0.158. The third-order valence-corrected chi connectivity index (χ3v) is 2.80. The van der Waals surface area contributed by atoms with Gasteiger partial charge in [-0.3, -0.25) is 9.59 Å². The fraction of sp³-hybridized carbons (Fsp3) is 0.692. The van der Waals surface area contributed by atoms with E-state index in [0.29, 0.717) is 12.8 Å². The molecular formula is C13H22O4. The number of carbonyl (C=O) groups is 2. The van der Waals surface area contributed by atoms with Crippen LogP contribution in [-0.2, 0) is 14.3 Å². The molecule has 0 rings (SSSR count). The fourth-order valence-corrected chi connectivity index (χ4v) is 1.78. The number of allylic oxidation sites excluding steroid dienone is 1. The summed E-state index contributed by atoms with van der Waals surface area (Å²) in [6.45, 7) is 9.40. The number of carbonyl (C=O) groups excluding carboxylic acids is 1. The first-order valence-electron chi connectivity index (χ1n) is 6.01. The number of rotatable bonds is 8. The standard InChI is InChI=1S/C13H22O4/c1-5-8-13(11(14)15,9-10(4)6-2)12(16)17-7-3/h4-9H2,1-3H3,(H,14,15). The zero-order valence-electron chi connectivity index (χ0n) is 10.9. The highest BCUT2D eigenvalue weighted by Crippen LogP contribution is 2.34. The van der Waals surface area contributed by atoms with Gasteiger partial charge in [-0.1, -0.05) is 32.4 Å². The van der Waals surface area contributed by atoms with E-state index >= 15 is 0 Å². The van der Waals surface area contributed by atoms with E-state index in [1.54, 1.807) is 6.92 Å². The molecule has 98 valence electrons. The summed E-state index contributed by atoms with van der Waals surface area (Å²) in [4.78, 5) is 23.3. The second-order valence-corrected chi connectivity index (χ2v) is 4.14. The molecule has 1 atom stereocenters. The SMILES string of the molecule is C=C(CC)CC(CCC)(C(=O)O)C(=O)OCC. The molecule has 0 saturated heterocycles. The molecule has 0 aromatic heterocycles. The third-order valence-electron chi connectivity index (χ3n) is 2.80. The molecule has 0 amide bonds. The Morgan fingerprint density at radius 2 is 1.88 bits per heavy atom. The molecule has 0 heterocycles. The van der Waals surface area contributed by atoms with Crippen LogP contribution in [0, 0.1) is 5.41 Å². The van der Waals surface area contributed by atoms with Gasteiger partial charge in [-0.2, -0.15) is 0 Å². The largest absolute Gasteiger partial charge is 0.480 e. The van der Waals surface area contributed by atoms with E-state index in [2.05, 4.69) is 6.58 Å². The number of hydrogen-bond donors (Lipinski definition) is 1. The lowest BCUT2D eigenvalue weighted by atomic mass is 9.77. The molecule has 1 unspecified atom stereocenters. The van der Waals surface area contributed by atoms with E-state index in [0.717, 1.165) is 5.57 Å². The molecule has 17 heavy (non-hydrogen) atoms. The molecule has 0 radical (unpaired) electrons. The van der Waals surface area contributed by atoms with Gasteiger partial charge in [0.25, 0.3) is 0 Å². The first-order valence-corrected chi connectivity index (χ1v) is 6.01. The molecule has 0 aliphatic rings. The van der Waals surface area contributed by atoms with Crippen molar-refractivity contribution in [1.29, 1.82) is 0 Å². The lowest BCUT2D eigenvalue weighted by Crippen LogP contribution is -2.41. The second kappa shape index (κ2) is 7.09. The number of aliphatic carboxylic acids is 1. The predicted octanol–water partition coefficient (Wildman–Crippen LogP) is 2.78. The topological polar surface area (TPSA) is 63.6 Å². The quantitative estimate of drug-likeness (QED) is 0.404. The van der Waals surface area contributed by atoms with Gasteiger partial charge in [0.05, 0.1) is 6.61 Å². The average molecular weight is 242 g/mol. The van der Waals surface area contributed by atoms with Crippen molar-refractivity contribution in [1.82, 2.24) is 0 Å². The van der Waals surface area contributed by atoms with Crippen molar-refractivity contribution >= 4 is 11.9 Å². The van der Waals surface area contributed by atoms with Crippen LogP contribution in [0.15, 0.2) is 12.2 Å². The molecule has 0 saturated carbocycles. The van der Waals surface area contributed by atoms with E-state index < -0.39 is 17.4 Å². The van der Waals surface area contributed by atoms with Gasteiger partial charge < -0.3 is 9.84 Å². The molecule has 1 N–H and O–H groups in total. The zero-order valence-corrected chi connectivity index (χ0v) is 10.9. The summed E-state index contributed by atoms with van der Waals surface area (Å²) in [6.07, 6.45) is 1.71. The van der Waals surface area contributed by atoms with Gasteiger partial charge in [-0.15, -0.1) is 0 Å². The Labute approximate surface area is 103 Å². The molecule has 0 fully saturated rings. The van der Waals surface area contributed by atoms with Crippen molar-refractivity contribution < 1.29 is 19.4 Å². The van der Waals surface area contributed by atoms with E-state index in [-0.39, 0.29) is 19.4 Å². The molecule has 0 aromatic carbocycles. The van der Waals surface area contributed by atoms with Gasteiger partial charge in [0.15, 0.2) is 5.41 Å². The molecule has 4 nitrogen and oxygen atoms in total. The summed E-state index contributed by atoms with van der Waals surface area (Å²) in [7, 11) is 0. The lowest BCUT2D eigenvalue weighted by Gasteiger charge is -2.27. The van der Waals surface area contributed by atoms with Crippen LogP contribution in [0.3, 0.4) is 0 Å². The predicted molar refractivity (Wildman–Crippen MR) is 65.7 cm³/mol. The highest BCUT2D eigenvalue weighted by molar-refractivity contribution is 5.99. The number of carboxylic acid groups (broad SMARTS) is 1. The minimum Gasteiger partial charge on any atom is -0.480 e. The van der Waals surface area contributed by atoms with Crippen molar-refractivity contribution in [3.05, 3.63) is 12.2 Å². The third kappa shape index (κ3) is 3.88. The van der Waals surface area contributed by atoms with E-state index in [4.69, 9.17) is 4.74 Å². The number of hydrogen-bond acceptors (Lipinski definition) is 3. The van der Waals surface area contributed by atoms with Gasteiger partial charge in [0.1, 0.15) is 0 Å². The Morgan fingerprint density at radius 1 is 1.29 bits per heavy atom. The molecule has 4 heteroatoms. The molecule has 0 spiro atoms. The molecule has 0 aliphatic heterocycles. The van der Waals surface area contributed by atoms with Crippen molar-refractivity contribution in [2.75, 3.05) is 6.61 Å². The molecular weight excluding hydrogens is 220 g/mol. The zero-order chi connectivity index (χ0) is 13.5. The van der Waals surface area contributed by atoms with Crippen molar-refractivity contribution in [3.63, 3.8) is 0 Å². The fourth-order valence-electron chi connectivity index (χ4n) is 1.78. The van der Waals surface area contributed by atoms with Crippen LogP contribution in [0.4, 0.5) is 0 Å². The van der Waals surface area contributed by atoms with Crippen molar-refractivity contribution in [2.24, 2.45) is 5.41 Å². The van der Waals surface area contributed by atoms with E-state index in [9.17, 15) is 14.7 Å². The Morgan fingerprint density at radius 3 is 2.24 bits per heavy atom. The summed E-state index contributed by atoms with van der Waals surface area (Å²) in [5, 5.41) is 9.35. The Balaban J connectivity index is 5.18. The molecule has 0 aliphatic carbocycles. The summed E-state index contributed by atoms with van der Waals surface area (Å²) < 4.78 is 4.91. The van der Waals surface area contributed by atoms with Crippen LogP contribution in [0.2, 0.25) is 0 Å². The van der Waals surface area contributed by atoms with Crippen LogP contribution in [0.25, 0.3) is 0 Å². The van der Waals surface area contributed by atoms with Gasteiger partial charge in [-0.05, 0) is 26.2 Å². The smallest absolute Gasteiger partial charge is 0.323 e. The van der Waals surface area contributed by atoms with Crippen LogP contribution in [0.1, 0.15) is 46.5 Å². The summed E-state index contributed by atoms with van der Waals surface area (Å²) >= 11 is 0. The first-order chi connectivity index (χ1) is 7.94. The maximum absolute atomic E-state index is 11.9. The van der Waals surface area contributed by atoms with Gasteiger partial charge in [0, 0.05) is 0 Å². The van der Waals surface area contributed by atoms with Crippen molar-refractivity contribution in [2.45, 2.75) is 46.5 Å². The number of carboxylic acids is 1. The highest BCUT2D eigenvalue weighted by Gasteiger charge is 2.46. The average Bonchev–Trinajstić information content (AvgIpc) is 2.28. The lowest BCUT2D eigenvalue weighted by molar-refractivity contribution is -0.169. The summed E-state index contributed by atoms with van der Waals surface area (Å²) in [5.74, 6) is -1.77. The molecule has 0 aromatic rings. The van der Waals surface area contributed by atoms with Crippen LogP contribution in [-0.4, -0.2) is 23.7 Å². The summed E-state index contributed by atoms with van der Waals surface area (Å²) in [6, 6.07) is 0. The van der Waals surface area contributed by atoms with Crippen LogP contribution >= 0.6 is 0 Å². The summed E-state index contributed by atoms with van der Waals surface area (Å²) in [5.41, 5.74) is -0.702. The monoisotopic (exact) mass is 242 g/mol. The number of ether oxygens (including phenoxy) is 1. The maximum Gasteiger partial charge on any atom is 0.323 e. The van der Waals surface area contributed by atoms with Gasteiger partial charge in [-0.25, -0.2) is 0 Å². The Kier molecular flexibility index (Phi) is 6.54. The minimum atomic E-state index is -1.46. The maximum atomic E-state index is 11.9. The van der Waals surface area contributed by atoms with Gasteiger partial charge in [0.2, 0.25) is 0 Å².